The van der Waals surface area contributed by atoms with Crippen LogP contribution >= 0.6 is 15.9 Å². The van der Waals surface area contributed by atoms with Gasteiger partial charge >= 0.3 is 0 Å². The first-order valence-electron chi connectivity index (χ1n) is 6.64. The number of nitrogens with zero attached hydrogens (tertiary/aromatic N) is 1. The summed E-state index contributed by atoms with van der Waals surface area (Å²) in [4.78, 5) is 14.2. The third kappa shape index (κ3) is 3.48. The Morgan fingerprint density at radius 1 is 1.10 bits per heavy atom. The maximum absolute atomic E-state index is 12.4. The fourth-order valence-electron chi connectivity index (χ4n) is 2.06. The standard InChI is InChI=1S/C17H18BrNO/c1-13-7-6-10-15(16(13)18)17(20)19(2)12-11-14-8-4-3-5-9-14/h3-10H,11-12H2,1-2H3. The number of halogens is 1. The van der Waals surface area contributed by atoms with Gasteiger partial charge in [0.1, 0.15) is 0 Å². The van der Waals surface area contributed by atoms with Crippen molar-refractivity contribution in [2.24, 2.45) is 0 Å². The van der Waals surface area contributed by atoms with E-state index in [1.165, 1.54) is 5.56 Å². The number of amides is 1. The zero-order valence-corrected chi connectivity index (χ0v) is 13.4. The van der Waals surface area contributed by atoms with Crippen molar-refractivity contribution in [1.29, 1.82) is 0 Å². The average Bonchev–Trinajstić information content (AvgIpc) is 2.48. The molecule has 0 saturated heterocycles. The van der Waals surface area contributed by atoms with Gasteiger partial charge in [0.25, 0.3) is 5.91 Å². The normalized spacial score (nSPS) is 10.3. The highest BCUT2D eigenvalue weighted by molar-refractivity contribution is 9.10. The summed E-state index contributed by atoms with van der Waals surface area (Å²) in [7, 11) is 1.85. The smallest absolute Gasteiger partial charge is 0.254 e. The van der Waals surface area contributed by atoms with Crippen molar-refractivity contribution in [3.05, 3.63) is 69.7 Å². The van der Waals surface area contributed by atoms with E-state index in [4.69, 9.17) is 0 Å². The van der Waals surface area contributed by atoms with E-state index in [-0.39, 0.29) is 5.91 Å². The van der Waals surface area contributed by atoms with Crippen molar-refractivity contribution in [2.45, 2.75) is 13.3 Å². The number of aryl methyl sites for hydroxylation is 1. The number of benzene rings is 2. The summed E-state index contributed by atoms with van der Waals surface area (Å²) in [6, 6.07) is 16.0. The molecule has 0 aliphatic heterocycles. The highest BCUT2D eigenvalue weighted by Gasteiger charge is 2.15. The van der Waals surface area contributed by atoms with Crippen LogP contribution in [-0.2, 0) is 6.42 Å². The predicted molar refractivity (Wildman–Crippen MR) is 86.0 cm³/mol. The Hall–Kier alpha value is -1.61. The maximum Gasteiger partial charge on any atom is 0.254 e. The summed E-state index contributed by atoms with van der Waals surface area (Å²) < 4.78 is 0.886. The van der Waals surface area contributed by atoms with Gasteiger partial charge in [0.15, 0.2) is 0 Å². The number of hydrogen-bond donors (Lipinski definition) is 0. The Bertz CT molecular complexity index is 595. The Balaban J connectivity index is 2.04. The maximum atomic E-state index is 12.4. The second-order valence-corrected chi connectivity index (χ2v) is 5.69. The average molecular weight is 332 g/mol. The molecule has 20 heavy (non-hydrogen) atoms. The van der Waals surface area contributed by atoms with Gasteiger partial charge in [-0.2, -0.15) is 0 Å². The number of likely N-dealkylation sites (N-methyl/N-ethyl adjacent to an activating group) is 1. The van der Waals surface area contributed by atoms with Crippen LogP contribution in [0.5, 0.6) is 0 Å². The lowest BCUT2D eigenvalue weighted by atomic mass is 10.1. The first-order chi connectivity index (χ1) is 9.59. The minimum absolute atomic E-state index is 0.0523. The SMILES string of the molecule is Cc1cccc(C(=O)N(C)CCc2ccccc2)c1Br. The lowest BCUT2D eigenvalue weighted by Crippen LogP contribution is -2.29. The minimum Gasteiger partial charge on any atom is -0.341 e. The molecule has 0 radical (unpaired) electrons. The molecule has 0 aliphatic rings. The Kier molecular flexibility index (Phi) is 4.96. The summed E-state index contributed by atoms with van der Waals surface area (Å²) >= 11 is 3.50. The monoisotopic (exact) mass is 331 g/mol. The molecule has 0 spiro atoms. The van der Waals surface area contributed by atoms with E-state index in [1.807, 2.05) is 50.4 Å². The van der Waals surface area contributed by atoms with Gasteiger partial charge in [0.05, 0.1) is 5.56 Å². The van der Waals surface area contributed by atoms with Crippen LogP contribution in [0, 0.1) is 6.92 Å². The van der Waals surface area contributed by atoms with E-state index in [2.05, 4.69) is 28.1 Å². The molecule has 0 fully saturated rings. The Morgan fingerprint density at radius 2 is 1.80 bits per heavy atom. The van der Waals surface area contributed by atoms with Gasteiger partial charge in [-0.25, -0.2) is 0 Å². The lowest BCUT2D eigenvalue weighted by Gasteiger charge is -2.18. The second kappa shape index (κ2) is 6.71. The van der Waals surface area contributed by atoms with E-state index in [0.29, 0.717) is 6.54 Å². The van der Waals surface area contributed by atoms with Gasteiger partial charge < -0.3 is 4.90 Å². The van der Waals surface area contributed by atoms with Crippen molar-refractivity contribution in [1.82, 2.24) is 4.90 Å². The number of carbonyl (C=O) groups is 1. The van der Waals surface area contributed by atoms with Crippen molar-refractivity contribution in [2.75, 3.05) is 13.6 Å². The summed E-state index contributed by atoms with van der Waals surface area (Å²) in [6.45, 7) is 2.70. The van der Waals surface area contributed by atoms with Gasteiger partial charge in [0, 0.05) is 18.1 Å². The van der Waals surface area contributed by atoms with Crippen molar-refractivity contribution < 1.29 is 4.79 Å². The summed E-state index contributed by atoms with van der Waals surface area (Å²) in [5.74, 6) is 0.0523. The molecular weight excluding hydrogens is 314 g/mol. The lowest BCUT2D eigenvalue weighted by molar-refractivity contribution is 0.0795. The van der Waals surface area contributed by atoms with Crippen LogP contribution in [0.25, 0.3) is 0 Å². The quantitative estimate of drug-likeness (QED) is 0.826. The van der Waals surface area contributed by atoms with Crippen LogP contribution in [-0.4, -0.2) is 24.4 Å². The molecule has 3 heteroatoms. The minimum atomic E-state index is 0.0523. The molecule has 0 N–H and O–H groups in total. The molecule has 2 nitrogen and oxygen atoms in total. The van der Waals surface area contributed by atoms with E-state index < -0.39 is 0 Å². The molecule has 2 aromatic rings. The highest BCUT2D eigenvalue weighted by atomic mass is 79.9. The fraction of sp³-hybridized carbons (Fsp3) is 0.235. The van der Waals surface area contributed by atoms with Gasteiger partial charge in [-0.15, -0.1) is 0 Å². The van der Waals surface area contributed by atoms with E-state index in [0.717, 1.165) is 22.0 Å². The van der Waals surface area contributed by atoms with E-state index in [9.17, 15) is 4.79 Å². The van der Waals surface area contributed by atoms with Crippen molar-refractivity contribution in [3.8, 4) is 0 Å². The molecule has 0 atom stereocenters. The topological polar surface area (TPSA) is 20.3 Å². The fourth-order valence-corrected chi connectivity index (χ4v) is 2.50. The van der Waals surface area contributed by atoms with E-state index in [1.54, 1.807) is 4.90 Å². The molecule has 104 valence electrons. The Labute approximate surface area is 128 Å². The van der Waals surface area contributed by atoms with Gasteiger partial charge in [-0.3, -0.25) is 4.79 Å². The largest absolute Gasteiger partial charge is 0.341 e. The van der Waals surface area contributed by atoms with Crippen LogP contribution in [0.15, 0.2) is 53.0 Å². The van der Waals surface area contributed by atoms with Crippen LogP contribution in [0.3, 0.4) is 0 Å². The molecule has 2 rings (SSSR count). The zero-order chi connectivity index (χ0) is 14.5. The molecule has 2 aromatic carbocycles. The first kappa shape index (κ1) is 14.8. The van der Waals surface area contributed by atoms with Crippen LogP contribution < -0.4 is 0 Å². The molecular formula is C17H18BrNO. The number of rotatable bonds is 4. The molecule has 1 amide bonds. The molecule has 0 saturated carbocycles. The Morgan fingerprint density at radius 3 is 2.50 bits per heavy atom. The summed E-state index contributed by atoms with van der Waals surface area (Å²) in [5.41, 5.74) is 3.04. The third-order valence-electron chi connectivity index (χ3n) is 3.35. The second-order valence-electron chi connectivity index (χ2n) is 4.90. The molecule has 0 unspecified atom stereocenters. The van der Waals surface area contributed by atoms with Gasteiger partial charge in [-0.1, -0.05) is 42.5 Å². The highest BCUT2D eigenvalue weighted by Crippen LogP contribution is 2.22. The predicted octanol–water partition coefficient (Wildman–Crippen LogP) is 4.07. The summed E-state index contributed by atoms with van der Waals surface area (Å²) in [6.07, 6.45) is 0.868. The van der Waals surface area contributed by atoms with Gasteiger partial charge in [-0.05, 0) is 46.5 Å². The van der Waals surface area contributed by atoms with Crippen LogP contribution in [0.2, 0.25) is 0 Å². The van der Waals surface area contributed by atoms with Gasteiger partial charge in [0.2, 0.25) is 0 Å². The van der Waals surface area contributed by atoms with Crippen LogP contribution in [0.1, 0.15) is 21.5 Å². The number of hydrogen-bond acceptors (Lipinski definition) is 1. The number of carbonyl (C=O) groups excluding carboxylic acids is 1. The van der Waals surface area contributed by atoms with Crippen LogP contribution in [0.4, 0.5) is 0 Å². The molecule has 0 aromatic heterocycles. The third-order valence-corrected chi connectivity index (χ3v) is 4.40. The molecule has 0 heterocycles. The summed E-state index contributed by atoms with van der Waals surface area (Å²) in [5, 5.41) is 0. The van der Waals surface area contributed by atoms with Crippen molar-refractivity contribution >= 4 is 21.8 Å². The molecule has 0 aliphatic carbocycles. The first-order valence-corrected chi connectivity index (χ1v) is 7.43. The molecule has 0 bridgehead atoms. The zero-order valence-electron chi connectivity index (χ0n) is 11.8. The van der Waals surface area contributed by atoms with E-state index >= 15 is 0 Å². The van der Waals surface area contributed by atoms with Crippen molar-refractivity contribution in [3.63, 3.8) is 0 Å².